The van der Waals surface area contributed by atoms with E-state index in [0.717, 1.165) is 17.3 Å². The molecule has 5 nitrogen and oxygen atoms in total. The van der Waals surface area contributed by atoms with Crippen LogP contribution in [0.25, 0.3) is 22.4 Å². The van der Waals surface area contributed by atoms with Crippen molar-refractivity contribution in [2.24, 2.45) is 11.7 Å². The molecule has 3 aromatic rings. The summed E-state index contributed by atoms with van der Waals surface area (Å²) in [7, 11) is 1.82. The van der Waals surface area contributed by atoms with E-state index < -0.39 is 0 Å². The van der Waals surface area contributed by atoms with Crippen molar-refractivity contribution in [3.63, 3.8) is 0 Å². The second-order valence-corrected chi connectivity index (χ2v) is 6.97. The molecule has 0 radical (unpaired) electrons. The number of fused-ring (bicyclic) bond motifs is 1. The number of carbonyl (C=O) groups is 1. The van der Waals surface area contributed by atoms with Crippen molar-refractivity contribution in [2.75, 3.05) is 13.6 Å². The second-order valence-electron chi connectivity index (χ2n) is 6.97. The molecule has 2 N–H and O–H groups in total. The summed E-state index contributed by atoms with van der Waals surface area (Å²) in [6.07, 6.45) is 2.38. The molecule has 0 aliphatic carbocycles. The molecule has 5 heteroatoms. The number of benzene rings is 1. The van der Waals surface area contributed by atoms with E-state index in [9.17, 15) is 4.79 Å². The first-order valence-corrected chi connectivity index (χ1v) is 8.92. The van der Waals surface area contributed by atoms with Gasteiger partial charge in [0.25, 0.3) is 5.91 Å². The highest BCUT2D eigenvalue weighted by Gasteiger charge is 2.19. The van der Waals surface area contributed by atoms with Crippen LogP contribution in [-0.4, -0.2) is 35.4 Å². The number of furan rings is 1. The first kappa shape index (κ1) is 18.1. The van der Waals surface area contributed by atoms with E-state index in [2.05, 4.69) is 18.8 Å². The molecule has 0 spiro atoms. The van der Waals surface area contributed by atoms with Crippen molar-refractivity contribution in [3.8, 4) is 11.5 Å². The monoisotopic (exact) mass is 351 g/mol. The van der Waals surface area contributed by atoms with Gasteiger partial charge in [0.05, 0.1) is 17.3 Å². The summed E-state index contributed by atoms with van der Waals surface area (Å²) in [5, 5.41) is 0.841. The molecular weight excluding hydrogens is 326 g/mol. The summed E-state index contributed by atoms with van der Waals surface area (Å²) in [5.41, 5.74) is 8.18. The minimum absolute atomic E-state index is 0.0348. The van der Waals surface area contributed by atoms with Gasteiger partial charge in [0.1, 0.15) is 5.69 Å². The Balaban J connectivity index is 1.93. The lowest BCUT2D eigenvalue weighted by Gasteiger charge is -2.22. The molecular formula is C21H25N3O2. The fourth-order valence-corrected chi connectivity index (χ4v) is 2.89. The van der Waals surface area contributed by atoms with Crippen molar-refractivity contribution >= 4 is 16.8 Å². The van der Waals surface area contributed by atoms with Crippen LogP contribution in [-0.2, 0) is 0 Å². The molecule has 0 saturated heterocycles. The van der Waals surface area contributed by atoms with Gasteiger partial charge in [-0.2, -0.15) is 0 Å². The predicted octanol–water partition coefficient (Wildman–Crippen LogP) is 3.94. The van der Waals surface area contributed by atoms with Gasteiger partial charge in [-0.3, -0.25) is 4.79 Å². The van der Waals surface area contributed by atoms with Crippen LogP contribution in [0.5, 0.6) is 0 Å². The van der Waals surface area contributed by atoms with Gasteiger partial charge in [-0.15, -0.1) is 0 Å². The minimum Gasteiger partial charge on any atom is -0.463 e. The molecule has 0 fully saturated rings. The Labute approximate surface area is 153 Å². The summed E-state index contributed by atoms with van der Waals surface area (Å²) in [6, 6.07) is 13.2. The fourth-order valence-electron chi connectivity index (χ4n) is 2.89. The van der Waals surface area contributed by atoms with E-state index in [1.807, 2.05) is 49.5 Å². The SMILES string of the molecule is CC(C)C(N)CCN(C)C(=O)c1cc(-c2ccco2)nc2ccccc12. The summed E-state index contributed by atoms with van der Waals surface area (Å²) < 4.78 is 5.47. The molecule has 1 atom stereocenters. The third-order valence-electron chi connectivity index (χ3n) is 4.72. The maximum absolute atomic E-state index is 13.1. The zero-order valence-electron chi connectivity index (χ0n) is 15.5. The number of pyridine rings is 1. The fraction of sp³-hybridized carbons (Fsp3) is 0.333. The Hall–Kier alpha value is -2.66. The molecule has 1 unspecified atom stereocenters. The van der Waals surface area contributed by atoms with Gasteiger partial charge in [-0.25, -0.2) is 4.98 Å². The Morgan fingerprint density at radius 2 is 2.00 bits per heavy atom. The van der Waals surface area contributed by atoms with Gasteiger partial charge in [0.2, 0.25) is 0 Å². The second kappa shape index (κ2) is 7.70. The Morgan fingerprint density at radius 1 is 1.23 bits per heavy atom. The van der Waals surface area contributed by atoms with Crippen LogP contribution in [0.2, 0.25) is 0 Å². The van der Waals surface area contributed by atoms with Gasteiger partial charge in [-0.1, -0.05) is 32.0 Å². The first-order chi connectivity index (χ1) is 12.5. The Bertz CT molecular complexity index is 887. The third kappa shape index (κ3) is 3.78. The van der Waals surface area contributed by atoms with Crippen LogP contribution in [0.4, 0.5) is 0 Å². The topological polar surface area (TPSA) is 72.4 Å². The van der Waals surface area contributed by atoms with Gasteiger partial charge in [-0.05, 0) is 36.6 Å². The van der Waals surface area contributed by atoms with E-state index >= 15 is 0 Å². The van der Waals surface area contributed by atoms with Crippen LogP contribution < -0.4 is 5.73 Å². The molecule has 3 rings (SSSR count). The molecule has 0 aliphatic heterocycles. The molecule has 136 valence electrons. The quantitative estimate of drug-likeness (QED) is 0.730. The van der Waals surface area contributed by atoms with E-state index in [-0.39, 0.29) is 11.9 Å². The van der Waals surface area contributed by atoms with Gasteiger partial charge >= 0.3 is 0 Å². The number of hydrogen-bond donors (Lipinski definition) is 1. The van der Waals surface area contributed by atoms with Crippen molar-refractivity contribution in [1.82, 2.24) is 9.88 Å². The largest absolute Gasteiger partial charge is 0.463 e. The molecule has 2 heterocycles. The van der Waals surface area contributed by atoms with Gasteiger partial charge in [0, 0.05) is 25.0 Å². The summed E-state index contributed by atoms with van der Waals surface area (Å²) >= 11 is 0. The standard InChI is InChI=1S/C21H25N3O2/c1-14(2)17(22)10-11-24(3)21(25)16-13-19(20-9-6-12-26-20)23-18-8-5-4-7-15(16)18/h4-9,12-14,17H,10-11,22H2,1-3H3. The van der Waals surface area contributed by atoms with Crippen LogP contribution in [0.15, 0.2) is 53.1 Å². The van der Waals surface area contributed by atoms with Crippen LogP contribution in [0.1, 0.15) is 30.6 Å². The van der Waals surface area contributed by atoms with Crippen molar-refractivity contribution in [2.45, 2.75) is 26.3 Å². The van der Waals surface area contributed by atoms with Crippen molar-refractivity contribution in [1.29, 1.82) is 0 Å². The molecule has 0 bridgehead atoms. The van der Waals surface area contributed by atoms with Crippen molar-refractivity contribution < 1.29 is 9.21 Å². The average Bonchev–Trinajstić information content (AvgIpc) is 3.19. The summed E-state index contributed by atoms with van der Waals surface area (Å²) in [5.74, 6) is 1.01. The number of nitrogens with zero attached hydrogens (tertiary/aromatic N) is 2. The Kier molecular flexibility index (Phi) is 5.38. The van der Waals surface area contributed by atoms with Crippen LogP contribution in [0, 0.1) is 5.92 Å². The lowest BCUT2D eigenvalue weighted by Crippen LogP contribution is -2.34. The number of hydrogen-bond acceptors (Lipinski definition) is 4. The molecule has 1 amide bonds. The number of amides is 1. The molecule has 0 aliphatic rings. The minimum atomic E-state index is -0.0348. The summed E-state index contributed by atoms with van der Waals surface area (Å²) in [6.45, 7) is 4.81. The van der Waals surface area contributed by atoms with Gasteiger partial charge in [0.15, 0.2) is 5.76 Å². The molecule has 1 aromatic carbocycles. The highest BCUT2D eigenvalue weighted by atomic mass is 16.3. The molecule has 2 aromatic heterocycles. The highest BCUT2D eigenvalue weighted by molar-refractivity contribution is 6.07. The average molecular weight is 351 g/mol. The van der Waals surface area contributed by atoms with Gasteiger partial charge < -0.3 is 15.1 Å². The predicted molar refractivity (Wildman–Crippen MR) is 104 cm³/mol. The maximum Gasteiger partial charge on any atom is 0.254 e. The molecule has 26 heavy (non-hydrogen) atoms. The number of carbonyl (C=O) groups excluding carboxylic acids is 1. The first-order valence-electron chi connectivity index (χ1n) is 8.92. The lowest BCUT2D eigenvalue weighted by molar-refractivity contribution is 0.0791. The number of para-hydroxylation sites is 1. The smallest absolute Gasteiger partial charge is 0.254 e. The summed E-state index contributed by atoms with van der Waals surface area (Å²) in [4.78, 5) is 19.5. The maximum atomic E-state index is 13.1. The van der Waals surface area contributed by atoms with E-state index in [1.54, 1.807) is 11.2 Å². The van der Waals surface area contributed by atoms with E-state index in [0.29, 0.717) is 29.5 Å². The number of nitrogens with two attached hydrogens (primary N) is 1. The van der Waals surface area contributed by atoms with E-state index in [1.165, 1.54) is 0 Å². The zero-order valence-corrected chi connectivity index (χ0v) is 15.5. The normalized spacial score (nSPS) is 12.5. The van der Waals surface area contributed by atoms with Crippen LogP contribution in [0.3, 0.4) is 0 Å². The lowest BCUT2D eigenvalue weighted by atomic mass is 10.0. The zero-order chi connectivity index (χ0) is 18.7. The Morgan fingerprint density at radius 3 is 2.69 bits per heavy atom. The number of aromatic nitrogens is 1. The number of rotatable bonds is 6. The van der Waals surface area contributed by atoms with E-state index in [4.69, 9.17) is 10.2 Å². The highest BCUT2D eigenvalue weighted by Crippen LogP contribution is 2.26. The molecule has 0 saturated carbocycles. The van der Waals surface area contributed by atoms with Crippen LogP contribution >= 0.6 is 0 Å². The van der Waals surface area contributed by atoms with Crippen molar-refractivity contribution in [3.05, 3.63) is 54.3 Å². The third-order valence-corrected chi connectivity index (χ3v) is 4.72.